The lowest BCUT2D eigenvalue weighted by Crippen LogP contribution is -2.36. The molecule has 0 spiro atoms. The first kappa shape index (κ1) is 17.9. The molecule has 9 heteroatoms. The molecule has 26 heavy (non-hydrogen) atoms. The molecule has 2 heterocycles. The molecular formula is C17H16BrN5O3. The van der Waals surface area contributed by atoms with Gasteiger partial charge in [-0.1, -0.05) is 12.1 Å². The summed E-state index contributed by atoms with van der Waals surface area (Å²) in [6, 6.07) is 7.47. The van der Waals surface area contributed by atoms with E-state index in [-0.39, 0.29) is 23.0 Å². The highest BCUT2D eigenvalue weighted by Crippen LogP contribution is 2.15. The molecule has 134 valence electrons. The van der Waals surface area contributed by atoms with Crippen LogP contribution in [0.15, 0.2) is 63.2 Å². The van der Waals surface area contributed by atoms with Gasteiger partial charge in [0.2, 0.25) is 5.91 Å². The van der Waals surface area contributed by atoms with Gasteiger partial charge < -0.3 is 9.88 Å². The first-order chi connectivity index (χ1) is 12.4. The zero-order chi connectivity index (χ0) is 18.7. The van der Waals surface area contributed by atoms with Crippen molar-refractivity contribution in [2.75, 3.05) is 0 Å². The third-order valence-electron chi connectivity index (χ3n) is 3.85. The van der Waals surface area contributed by atoms with E-state index in [1.165, 1.54) is 6.20 Å². The number of carbonyl (C=O) groups is 1. The summed E-state index contributed by atoms with van der Waals surface area (Å²) in [6.07, 6.45) is 6.56. The van der Waals surface area contributed by atoms with Gasteiger partial charge in [-0.05, 0) is 40.5 Å². The minimum absolute atomic E-state index is 0.188. The van der Waals surface area contributed by atoms with Crippen LogP contribution in [0.25, 0.3) is 5.69 Å². The highest BCUT2D eigenvalue weighted by molar-refractivity contribution is 9.10. The fourth-order valence-electron chi connectivity index (χ4n) is 2.47. The summed E-state index contributed by atoms with van der Waals surface area (Å²) in [5.41, 5.74) is 0.732. The van der Waals surface area contributed by atoms with E-state index in [0.717, 1.165) is 15.8 Å². The Balaban J connectivity index is 1.67. The molecule has 1 amide bonds. The second-order valence-corrected chi connectivity index (χ2v) is 6.57. The Morgan fingerprint density at radius 2 is 2.04 bits per heavy atom. The maximum atomic E-state index is 12.2. The third-order valence-corrected chi connectivity index (χ3v) is 4.42. The van der Waals surface area contributed by atoms with Crippen molar-refractivity contribution in [3.63, 3.8) is 0 Å². The second kappa shape index (κ2) is 7.52. The van der Waals surface area contributed by atoms with Crippen molar-refractivity contribution in [3.05, 3.63) is 80.1 Å². The molecule has 0 saturated carbocycles. The topological polar surface area (TPSA) is 102 Å². The Kier molecular flexibility index (Phi) is 5.17. The number of H-pyrrole nitrogens is 1. The molecule has 2 N–H and O–H groups in total. The van der Waals surface area contributed by atoms with Crippen LogP contribution in [0.1, 0.15) is 18.5 Å². The van der Waals surface area contributed by atoms with Crippen molar-refractivity contribution in [2.45, 2.75) is 19.5 Å². The zero-order valence-electron chi connectivity index (χ0n) is 13.8. The van der Waals surface area contributed by atoms with Crippen LogP contribution in [-0.2, 0) is 11.3 Å². The normalized spacial score (nSPS) is 11.9. The number of nitrogens with zero attached hydrogens (tertiary/aromatic N) is 3. The Bertz CT molecular complexity index is 1020. The quantitative estimate of drug-likeness (QED) is 0.654. The molecule has 0 fully saturated rings. The van der Waals surface area contributed by atoms with E-state index in [0.29, 0.717) is 0 Å². The number of halogens is 1. The van der Waals surface area contributed by atoms with Gasteiger partial charge in [0.1, 0.15) is 6.54 Å². The molecule has 3 aromatic rings. The highest BCUT2D eigenvalue weighted by Gasteiger charge is 2.12. The molecule has 8 nitrogen and oxygen atoms in total. The lowest BCUT2D eigenvalue weighted by molar-refractivity contribution is -0.122. The lowest BCUT2D eigenvalue weighted by Gasteiger charge is -2.15. The molecule has 0 aliphatic heterocycles. The van der Waals surface area contributed by atoms with E-state index < -0.39 is 11.2 Å². The van der Waals surface area contributed by atoms with Crippen molar-refractivity contribution in [2.24, 2.45) is 0 Å². The Labute approximate surface area is 156 Å². The fraction of sp³-hybridized carbons (Fsp3) is 0.176. The fourth-order valence-corrected chi connectivity index (χ4v) is 2.82. The maximum Gasteiger partial charge on any atom is 0.328 e. The molecule has 1 atom stereocenters. The van der Waals surface area contributed by atoms with Gasteiger partial charge in [0, 0.05) is 24.3 Å². The number of amides is 1. The summed E-state index contributed by atoms with van der Waals surface area (Å²) < 4.78 is 3.21. The van der Waals surface area contributed by atoms with Gasteiger partial charge in [0.15, 0.2) is 0 Å². The predicted molar refractivity (Wildman–Crippen MR) is 99.1 cm³/mol. The third kappa shape index (κ3) is 3.99. The van der Waals surface area contributed by atoms with Crippen molar-refractivity contribution < 1.29 is 4.79 Å². The first-order valence-electron chi connectivity index (χ1n) is 7.81. The van der Waals surface area contributed by atoms with Crippen LogP contribution in [-0.4, -0.2) is 25.0 Å². The largest absolute Gasteiger partial charge is 0.348 e. The van der Waals surface area contributed by atoms with E-state index in [1.54, 1.807) is 12.5 Å². The monoisotopic (exact) mass is 417 g/mol. The van der Waals surface area contributed by atoms with Gasteiger partial charge in [0.05, 0.1) is 16.8 Å². The van der Waals surface area contributed by atoms with Gasteiger partial charge in [-0.3, -0.25) is 19.1 Å². The summed E-state index contributed by atoms with van der Waals surface area (Å²) in [4.78, 5) is 41.4. The van der Waals surface area contributed by atoms with Gasteiger partial charge in [0.25, 0.3) is 5.56 Å². The second-order valence-electron chi connectivity index (χ2n) is 5.71. The predicted octanol–water partition coefficient (Wildman–Crippen LogP) is 1.36. The molecule has 0 saturated heterocycles. The number of aromatic amines is 1. The Morgan fingerprint density at radius 1 is 1.31 bits per heavy atom. The number of benzene rings is 1. The van der Waals surface area contributed by atoms with Crippen LogP contribution < -0.4 is 16.6 Å². The van der Waals surface area contributed by atoms with Crippen LogP contribution >= 0.6 is 15.9 Å². The minimum Gasteiger partial charge on any atom is -0.348 e. The molecule has 3 rings (SSSR count). The number of nitrogens with one attached hydrogen (secondary N) is 2. The minimum atomic E-state index is -0.634. The summed E-state index contributed by atoms with van der Waals surface area (Å²) >= 11 is 3.04. The van der Waals surface area contributed by atoms with E-state index in [2.05, 4.69) is 31.2 Å². The van der Waals surface area contributed by atoms with Crippen LogP contribution in [0, 0.1) is 0 Å². The van der Waals surface area contributed by atoms with Gasteiger partial charge >= 0.3 is 5.69 Å². The van der Waals surface area contributed by atoms with Gasteiger partial charge in [-0.2, -0.15) is 0 Å². The maximum absolute atomic E-state index is 12.2. The summed E-state index contributed by atoms with van der Waals surface area (Å²) in [7, 11) is 0. The molecule has 0 unspecified atom stereocenters. The van der Waals surface area contributed by atoms with E-state index in [9.17, 15) is 14.4 Å². The summed E-state index contributed by atoms with van der Waals surface area (Å²) in [6.45, 7) is 1.67. The van der Waals surface area contributed by atoms with Crippen LogP contribution in [0.3, 0.4) is 0 Å². The Morgan fingerprint density at radius 3 is 2.69 bits per heavy atom. The Hall–Kier alpha value is -2.94. The highest BCUT2D eigenvalue weighted by atomic mass is 79.9. The van der Waals surface area contributed by atoms with Crippen molar-refractivity contribution in [1.29, 1.82) is 0 Å². The molecular weight excluding hydrogens is 402 g/mol. The van der Waals surface area contributed by atoms with E-state index >= 15 is 0 Å². The number of rotatable bonds is 5. The van der Waals surface area contributed by atoms with Crippen molar-refractivity contribution >= 4 is 21.8 Å². The van der Waals surface area contributed by atoms with Crippen LogP contribution in [0.4, 0.5) is 0 Å². The average Bonchev–Trinajstić information content (AvgIpc) is 3.14. The standard InChI is InChI=1S/C17H16BrN5O3/c1-11(12-2-4-13(5-3-12)22-7-6-19-10-22)20-15(24)9-23-8-14(18)16(25)21-17(23)26/h2-8,10-11H,9H2,1H3,(H,20,24)(H,21,25,26)/t11-/m0/s1. The summed E-state index contributed by atoms with van der Waals surface area (Å²) in [5.74, 6) is -0.336. The van der Waals surface area contributed by atoms with E-state index in [4.69, 9.17) is 0 Å². The average molecular weight is 418 g/mol. The molecule has 0 aliphatic rings. The number of carbonyl (C=O) groups excluding carboxylic acids is 1. The van der Waals surface area contributed by atoms with Gasteiger partial charge in [-0.15, -0.1) is 0 Å². The van der Waals surface area contributed by atoms with Crippen LogP contribution in [0.5, 0.6) is 0 Å². The SMILES string of the molecule is C[C@H](NC(=O)Cn1cc(Br)c(=O)[nH]c1=O)c1ccc(-n2ccnc2)cc1. The summed E-state index contributed by atoms with van der Waals surface area (Å²) in [5, 5.41) is 2.84. The molecule has 0 radical (unpaired) electrons. The molecule has 2 aromatic heterocycles. The van der Waals surface area contributed by atoms with Crippen molar-refractivity contribution in [3.8, 4) is 5.69 Å². The number of hydrogen-bond donors (Lipinski definition) is 2. The first-order valence-corrected chi connectivity index (χ1v) is 8.60. The molecule has 0 aliphatic carbocycles. The van der Waals surface area contributed by atoms with E-state index in [1.807, 2.05) is 42.0 Å². The lowest BCUT2D eigenvalue weighted by atomic mass is 10.1. The molecule has 1 aromatic carbocycles. The number of aromatic nitrogens is 4. The molecule has 0 bridgehead atoms. The number of hydrogen-bond acceptors (Lipinski definition) is 4. The van der Waals surface area contributed by atoms with Gasteiger partial charge in [-0.25, -0.2) is 9.78 Å². The van der Waals surface area contributed by atoms with Crippen LogP contribution in [0.2, 0.25) is 0 Å². The van der Waals surface area contributed by atoms with Crippen molar-refractivity contribution in [1.82, 2.24) is 24.4 Å². The zero-order valence-corrected chi connectivity index (χ0v) is 15.4. The smallest absolute Gasteiger partial charge is 0.328 e. The number of imidazole rings is 1.